The number of phenolic OH excluding ortho intramolecular Hbond substituents is 2. The maximum absolute atomic E-state index is 9.83. The lowest BCUT2D eigenvalue weighted by Crippen LogP contribution is -2.25. The Labute approximate surface area is 206 Å². The van der Waals surface area contributed by atoms with Gasteiger partial charge in [-0.1, -0.05) is 6.92 Å². The van der Waals surface area contributed by atoms with Crippen molar-refractivity contribution in [2.45, 2.75) is 26.2 Å². The molecule has 0 radical (unpaired) electrons. The highest BCUT2D eigenvalue weighted by Crippen LogP contribution is 2.36. The minimum absolute atomic E-state index is 0.227. The van der Waals surface area contributed by atoms with Gasteiger partial charge in [-0.05, 0) is 105 Å². The Bertz CT molecular complexity index is 1260. The Hall–Kier alpha value is -3.77. The maximum Gasteiger partial charge on any atom is 0.119 e. The van der Waals surface area contributed by atoms with Gasteiger partial charge in [-0.3, -0.25) is 4.90 Å². The highest BCUT2D eigenvalue weighted by atomic mass is 16.5. The predicted octanol–water partition coefficient (Wildman–Crippen LogP) is 5.65. The molecule has 1 aromatic heterocycles. The van der Waals surface area contributed by atoms with E-state index in [4.69, 9.17) is 9.84 Å². The molecule has 2 N–H and O–H groups in total. The molecule has 0 atom stereocenters. The zero-order valence-corrected chi connectivity index (χ0v) is 20.0. The van der Waals surface area contributed by atoms with Crippen molar-refractivity contribution in [3.8, 4) is 45.5 Å². The summed E-state index contributed by atoms with van der Waals surface area (Å²) >= 11 is 0. The first-order valence-corrected chi connectivity index (χ1v) is 12.3. The second-order valence-corrected chi connectivity index (χ2v) is 8.93. The number of ether oxygens (including phenoxy) is 1. The van der Waals surface area contributed by atoms with Crippen LogP contribution in [0.5, 0.6) is 17.2 Å². The molecule has 0 amide bonds. The Morgan fingerprint density at radius 2 is 1.40 bits per heavy atom. The quantitative estimate of drug-likeness (QED) is 0.349. The van der Waals surface area contributed by atoms with Gasteiger partial charge >= 0.3 is 0 Å². The van der Waals surface area contributed by atoms with Gasteiger partial charge in [0.2, 0.25) is 0 Å². The summed E-state index contributed by atoms with van der Waals surface area (Å²) in [5, 5.41) is 24.6. The van der Waals surface area contributed by atoms with Crippen LogP contribution in [0.2, 0.25) is 0 Å². The average molecular weight is 470 g/mol. The smallest absolute Gasteiger partial charge is 0.119 e. The highest BCUT2D eigenvalue weighted by molar-refractivity contribution is 5.76. The fourth-order valence-electron chi connectivity index (χ4n) is 4.72. The zero-order valence-electron chi connectivity index (χ0n) is 20.0. The van der Waals surface area contributed by atoms with Crippen LogP contribution in [0, 0.1) is 0 Å². The zero-order chi connectivity index (χ0) is 24.2. The van der Waals surface area contributed by atoms with Crippen molar-refractivity contribution >= 4 is 0 Å². The van der Waals surface area contributed by atoms with Crippen LogP contribution in [0.4, 0.5) is 0 Å². The van der Waals surface area contributed by atoms with Crippen LogP contribution in [0.25, 0.3) is 28.2 Å². The monoisotopic (exact) mass is 469 g/mol. The van der Waals surface area contributed by atoms with Crippen molar-refractivity contribution < 1.29 is 14.9 Å². The molecule has 180 valence electrons. The van der Waals surface area contributed by atoms with E-state index in [-0.39, 0.29) is 11.5 Å². The number of likely N-dealkylation sites (tertiary alicyclic amines) is 1. The normalized spacial score (nSPS) is 13.9. The molecule has 3 aromatic carbocycles. The molecule has 0 aliphatic carbocycles. The Balaban J connectivity index is 1.49. The van der Waals surface area contributed by atoms with Crippen LogP contribution >= 0.6 is 0 Å². The summed E-state index contributed by atoms with van der Waals surface area (Å²) in [6.45, 7) is 6.11. The number of aromatic nitrogens is 2. The third-order valence-corrected chi connectivity index (χ3v) is 6.57. The summed E-state index contributed by atoms with van der Waals surface area (Å²) in [5.74, 6) is 1.30. The Kier molecular flexibility index (Phi) is 6.73. The third-order valence-electron chi connectivity index (χ3n) is 6.57. The first-order valence-electron chi connectivity index (χ1n) is 12.3. The lowest BCUT2D eigenvalue weighted by atomic mass is 9.99. The second-order valence-electron chi connectivity index (χ2n) is 8.93. The van der Waals surface area contributed by atoms with E-state index < -0.39 is 0 Å². The van der Waals surface area contributed by atoms with Crippen molar-refractivity contribution in [3.05, 3.63) is 78.4 Å². The number of rotatable bonds is 8. The van der Waals surface area contributed by atoms with Crippen molar-refractivity contribution in [1.29, 1.82) is 0 Å². The molecular formula is C29H31N3O3. The summed E-state index contributed by atoms with van der Waals surface area (Å²) in [6, 6.07) is 22.4. The van der Waals surface area contributed by atoms with E-state index in [0.29, 0.717) is 6.61 Å². The SMILES string of the molecule is CCc1c(-c2ccc(O)cc2)nn(-c2ccc(OCCN3CCCC3)cc2)c1-c1ccc(O)cc1. The standard InChI is InChI=1S/C29H31N3O3/c1-2-27-28(21-5-11-24(33)12-6-21)30-32(29(27)22-7-13-25(34)14-8-22)23-9-15-26(16-10-23)35-20-19-31-17-3-4-18-31/h5-16,33-34H,2-4,17-20H2,1H3. The van der Waals surface area contributed by atoms with Gasteiger partial charge in [-0.15, -0.1) is 0 Å². The molecule has 6 nitrogen and oxygen atoms in total. The first kappa shape index (κ1) is 23.0. The van der Waals surface area contributed by atoms with E-state index in [9.17, 15) is 10.2 Å². The van der Waals surface area contributed by atoms with E-state index in [1.54, 1.807) is 24.3 Å². The number of nitrogens with zero attached hydrogens (tertiary/aromatic N) is 3. The summed E-state index contributed by atoms with van der Waals surface area (Å²) in [6.07, 6.45) is 3.35. The van der Waals surface area contributed by atoms with Gasteiger partial charge in [-0.2, -0.15) is 5.10 Å². The number of hydrogen-bond acceptors (Lipinski definition) is 5. The number of benzene rings is 3. The molecule has 0 spiro atoms. The topological polar surface area (TPSA) is 70.8 Å². The molecule has 5 rings (SSSR count). The molecule has 4 aromatic rings. The molecule has 1 aliphatic rings. The molecule has 0 unspecified atom stereocenters. The molecule has 1 aliphatic heterocycles. The molecule has 0 saturated carbocycles. The predicted molar refractivity (Wildman–Crippen MR) is 138 cm³/mol. The minimum Gasteiger partial charge on any atom is -0.508 e. The molecule has 0 bridgehead atoms. The minimum atomic E-state index is 0.227. The third kappa shape index (κ3) is 5.03. The first-order chi connectivity index (χ1) is 17.1. The molecule has 1 fully saturated rings. The van der Waals surface area contributed by atoms with Crippen LogP contribution in [0.1, 0.15) is 25.3 Å². The van der Waals surface area contributed by atoms with Crippen LogP contribution in [-0.2, 0) is 6.42 Å². The summed E-state index contributed by atoms with van der Waals surface area (Å²) in [4.78, 5) is 2.44. The number of phenols is 2. The summed E-state index contributed by atoms with van der Waals surface area (Å²) < 4.78 is 7.95. The van der Waals surface area contributed by atoms with Gasteiger partial charge < -0.3 is 14.9 Å². The molecule has 2 heterocycles. The van der Waals surface area contributed by atoms with Gasteiger partial charge in [0.15, 0.2) is 0 Å². The van der Waals surface area contributed by atoms with E-state index in [1.807, 2.05) is 53.2 Å². The fourth-order valence-corrected chi connectivity index (χ4v) is 4.72. The molecule has 6 heteroatoms. The highest BCUT2D eigenvalue weighted by Gasteiger charge is 2.21. The number of hydrogen-bond donors (Lipinski definition) is 2. The van der Waals surface area contributed by atoms with Gasteiger partial charge in [0.1, 0.15) is 23.9 Å². The van der Waals surface area contributed by atoms with Gasteiger partial charge in [-0.25, -0.2) is 4.68 Å². The lowest BCUT2D eigenvalue weighted by Gasteiger charge is -2.15. The van der Waals surface area contributed by atoms with E-state index in [1.165, 1.54) is 25.9 Å². The average Bonchev–Trinajstić information content (AvgIpc) is 3.53. The van der Waals surface area contributed by atoms with E-state index in [0.717, 1.165) is 52.5 Å². The van der Waals surface area contributed by atoms with Crippen molar-refractivity contribution in [3.63, 3.8) is 0 Å². The van der Waals surface area contributed by atoms with Crippen LogP contribution < -0.4 is 4.74 Å². The molecule has 35 heavy (non-hydrogen) atoms. The van der Waals surface area contributed by atoms with E-state index in [2.05, 4.69) is 11.8 Å². The second kappa shape index (κ2) is 10.2. The van der Waals surface area contributed by atoms with E-state index >= 15 is 0 Å². The van der Waals surface area contributed by atoms with Gasteiger partial charge in [0.05, 0.1) is 17.1 Å². The van der Waals surface area contributed by atoms with Crippen LogP contribution in [0.3, 0.4) is 0 Å². The summed E-state index contributed by atoms with van der Waals surface area (Å²) in [5.41, 5.74) is 5.82. The van der Waals surface area contributed by atoms with Crippen LogP contribution in [0.15, 0.2) is 72.8 Å². The molecule has 1 saturated heterocycles. The van der Waals surface area contributed by atoms with Crippen molar-refractivity contribution in [2.75, 3.05) is 26.2 Å². The van der Waals surface area contributed by atoms with Crippen LogP contribution in [-0.4, -0.2) is 51.1 Å². The fraction of sp³-hybridized carbons (Fsp3) is 0.276. The van der Waals surface area contributed by atoms with Gasteiger partial charge in [0, 0.05) is 23.2 Å². The van der Waals surface area contributed by atoms with Gasteiger partial charge in [0.25, 0.3) is 0 Å². The summed E-state index contributed by atoms with van der Waals surface area (Å²) in [7, 11) is 0. The van der Waals surface area contributed by atoms with Crippen molar-refractivity contribution in [1.82, 2.24) is 14.7 Å². The lowest BCUT2D eigenvalue weighted by molar-refractivity contribution is 0.238. The maximum atomic E-state index is 9.83. The Morgan fingerprint density at radius 3 is 2.00 bits per heavy atom. The molecular weight excluding hydrogens is 438 g/mol. The number of aromatic hydroxyl groups is 2. The van der Waals surface area contributed by atoms with Crippen molar-refractivity contribution in [2.24, 2.45) is 0 Å². The largest absolute Gasteiger partial charge is 0.508 e. The Morgan fingerprint density at radius 1 is 0.800 bits per heavy atom.